The predicted molar refractivity (Wildman–Crippen MR) is 71.7 cm³/mol. The van der Waals surface area contributed by atoms with Crippen LogP contribution in [0.1, 0.15) is 12.8 Å². The normalized spacial score (nSPS) is 19.1. The van der Waals surface area contributed by atoms with Gasteiger partial charge in [0.1, 0.15) is 0 Å². The van der Waals surface area contributed by atoms with Crippen LogP contribution in [0.2, 0.25) is 0 Å². The molecule has 1 fully saturated rings. The third kappa shape index (κ3) is 2.31. The van der Waals surface area contributed by atoms with Gasteiger partial charge in [-0.3, -0.25) is 4.68 Å². The lowest BCUT2D eigenvalue weighted by molar-refractivity contribution is 0.265. The molecule has 0 amide bonds. The Labute approximate surface area is 111 Å². The van der Waals surface area contributed by atoms with Crippen LogP contribution in [-0.4, -0.2) is 44.0 Å². The van der Waals surface area contributed by atoms with E-state index in [1.165, 1.54) is 0 Å². The van der Waals surface area contributed by atoms with Crippen LogP contribution in [0.4, 0.5) is 5.95 Å². The van der Waals surface area contributed by atoms with Crippen molar-refractivity contribution in [1.29, 1.82) is 0 Å². The predicted octanol–water partition coefficient (Wildman–Crippen LogP) is 0.838. The molecule has 0 radical (unpaired) electrons. The highest BCUT2D eigenvalue weighted by Crippen LogP contribution is 2.24. The zero-order valence-electron chi connectivity index (χ0n) is 10.9. The number of anilines is 1. The summed E-state index contributed by atoms with van der Waals surface area (Å²) in [4.78, 5) is 11.0. The Bertz CT molecular complexity index is 568. The number of aryl methyl sites for hydroxylation is 1. The number of nitrogens with zero attached hydrogens (tertiary/aromatic N) is 5. The smallest absolute Gasteiger partial charge is 0.226 e. The Hall–Kier alpha value is -1.95. The van der Waals surface area contributed by atoms with Gasteiger partial charge in [-0.25, -0.2) is 9.97 Å². The molecule has 2 aromatic heterocycles. The lowest BCUT2D eigenvalue weighted by Crippen LogP contribution is -2.33. The quantitative estimate of drug-likeness (QED) is 0.884. The molecule has 1 atom stereocenters. The zero-order valence-corrected chi connectivity index (χ0v) is 10.9. The highest BCUT2D eigenvalue weighted by molar-refractivity contribution is 5.58. The molecule has 0 aromatic carbocycles. The molecule has 3 rings (SSSR count). The average molecular weight is 259 g/mol. The molecule has 3 heterocycles. The van der Waals surface area contributed by atoms with Crippen LogP contribution in [0.15, 0.2) is 24.7 Å². The molecule has 2 aromatic rings. The van der Waals surface area contributed by atoms with E-state index in [0.29, 0.717) is 5.95 Å². The number of rotatable bonds is 3. The molecule has 1 aliphatic rings. The molecule has 6 heteroatoms. The van der Waals surface area contributed by atoms with Crippen LogP contribution in [0.25, 0.3) is 11.3 Å². The molecular formula is C13H17N5O. The Morgan fingerprint density at radius 2 is 2.37 bits per heavy atom. The van der Waals surface area contributed by atoms with Crippen molar-refractivity contribution in [3.05, 3.63) is 24.7 Å². The number of aliphatic hydroxyl groups is 1. The molecule has 0 saturated carbocycles. The highest BCUT2D eigenvalue weighted by Gasteiger charge is 2.26. The second-order valence-electron chi connectivity index (χ2n) is 4.82. The Kier molecular flexibility index (Phi) is 3.16. The van der Waals surface area contributed by atoms with E-state index in [9.17, 15) is 5.11 Å². The maximum atomic E-state index is 9.38. The number of hydrogen-bond donors (Lipinski definition) is 1. The summed E-state index contributed by atoms with van der Waals surface area (Å²) in [6.45, 7) is 1.06. The molecule has 0 bridgehead atoms. The van der Waals surface area contributed by atoms with Crippen LogP contribution < -0.4 is 4.90 Å². The van der Waals surface area contributed by atoms with Crippen molar-refractivity contribution in [2.45, 2.75) is 18.9 Å². The second kappa shape index (κ2) is 4.97. The summed E-state index contributed by atoms with van der Waals surface area (Å²) in [5.74, 6) is 0.693. The summed E-state index contributed by atoms with van der Waals surface area (Å²) in [6, 6.07) is 2.02. The maximum absolute atomic E-state index is 9.38. The molecular weight excluding hydrogens is 242 g/mol. The first-order chi connectivity index (χ1) is 9.28. The fourth-order valence-electron chi connectivity index (χ4n) is 2.49. The van der Waals surface area contributed by atoms with Crippen molar-refractivity contribution in [3.63, 3.8) is 0 Å². The minimum absolute atomic E-state index is 0.143. The molecule has 0 aliphatic carbocycles. The van der Waals surface area contributed by atoms with Crippen molar-refractivity contribution < 1.29 is 5.11 Å². The Morgan fingerprint density at radius 3 is 3.11 bits per heavy atom. The molecule has 19 heavy (non-hydrogen) atoms. The summed E-state index contributed by atoms with van der Waals surface area (Å²) in [5.41, 5.74) is 1.84. The standard InChI is InChI=1S/C13H17N5O/c1-17-8-10(7-15-17)12-4-5-14-13(16-12)18-6-2-3-11(18)9-19/h4-5,7-8,11,19H,2-3,6,9H2,1H3/t11-/m0/s1. The second-order valence-corrected chi connectivity index (χ2v) is 4.82. The van der Waals surface area contributed by atoms with Crippen molar-refractivity contribution in [3.8, 4) is 11.3 Å². The SMILES string of the molecule is Cn1cc(-c2ccnc(N3CCC[C@H]3CO)n2)cn1. The number of aliphatic hydroxyl groups excluding tert-OH is 1. The van der Waals surface area contributed by atoms with Gasteiger partial charge in [0.25, 0.3) is 0 Å². The van der Waals surface area contributed by atoms with E-state index in [0.717, 1.165) is 30.6 Å². The molecule has 1 N–H and O–H groups in total. The maximum Gasteiger partial charge on any atom is 0.226 e. The first-order valence-electron chi connectivity index (χ1n) is 6.47. The molecule has 1 saturated heterocycles. The van der Waals surface area contributed by atoms with E-state index in [2.05, 4.69) is 20.0 Å². The molecule has 6 nitrogen and oxygen atoms in total. The van der Waals surface area contributed by atoms with Crippen LogP contribution in [-0.2, 0) is 7.05 Å². The van der Waals surface area contributed by atoms with E-state index in [1.807, 2.05) is 19.3 Å². The van der Waals surface area contributed by atoms with Gasteiger partial charge in [-0.15, -0.1) is 0 Å². The minimum atomic E-state index is 0.143. The van der Waals surface area contributed by atoms with Gasteiger partial charge in [-0.05, 0) is 18.9 Å². The lowest BCUT2D eigenvalue weighted by atomic mass is 10.2. The van der Waals surface area contributed by atoms with Crippen molar-refractivity contribution in [1.82, 2.24) is 19.7 Å². The summed E-state index contributed by atoms with van der Waals surface area (Å²) >= 11 is 0. The third-order valence-corrected chi connectivity index (χ3v) is 3.49. The molecule has 0 unspecified atom stereocenters. The monoisotopic (exact) mass is 259 g/mol. The number of hydrogen-bond acceptors (Lipinski definition) is 5. The molecule has 1 aliphatic heterocycles. The average Bonchev–Trinajstić information content (AvgIpc) is 3.07. The van der Waals surface area contributed by atoms with Crippen molar-refractivity contribution in [2.75, 3.05) is 18.1 Å². The summed E-state index contributed by atoms with van der Waals surface area (Å²) < 4.78 is 1.75. The Balaban J connectivity index is 1.91. The van der Waals surface area contributed by atoms with Gasteiger partial charge in [-0.1, -0.05) is 0 Å². The zero-order chi connectivity index (χ0) is 13.2. The number of aromatic nitrogens is 4. The topological polar surface area (TPSA) is 67.1 Å². The lowest BCUT2D eigenvalue weighted by Gasteiger charge is -2.22. The first-order valence-corrected chi connectivity index (χ1v) is 6.47. The van der Waals surface area contributed by atoms with Crippen LogP contribution in [0.5, 0.6) is 0 Å². The minimum Gasteiger partial charge on any atom is -0.394 e. The first kappa shape index (κ1) is 12.1. The summed E-state index contributed by atoms with van der Waals surface area (Å²) in [5, 5.41) is 13.5. The van der Waals surface area contributed by atoms with Crippen LogP contribution >= 0.6 is 0 Å². The van der Waals surface area contributed by atoms with Gasteiger partial charge in [0.2, 0.25) is 5.95 Å². The van der Waals surface area contributed by atoms with Gasteiger partial charge in [0.15, 0.2) is 0 Å². The fraction of sp³-hybridized carbons (Fsp3) is 0.462. The fourth-order valence-corrected chi connectivity index (χ4v) is 2.49. The molecule has 100 valence electrons. The largest absolute Gasteiger partial charge is 0.394 e. The van der Waals surface area contributed by atoms with E-state index in [-0.39, 0.29) is 12.6 Å². The van der Waals surface area contributed by atoms with Crippen molar-refractivity contribution in [2.24, 2.45) is 7.05 Å². The van der Waals surface area contributed by atoms with Gasteiger partial charge in [0, 0.05) is 31.5 Å². The van der Waals surface area contributed by atoms with Gasteiger partial charge in [-0.2, -0.15) is 5.10 Å². The molecule has 0 spiro atoms. The van der Waals surface area contributed by atoms with E-state index in [1.54, 1.807) is 17.1 Å². The summed E-state index contributed by atoms with van der Waals surface area (Å²) in [6.07, 6.45) is 7.55. The Morgan fingerprint density at radius 1 is 1.47 bits per heavy atom. The van der Waals surface area contributed by atoms with Crippen LogP contribution in [0.3, 0.4) is 0 Å². The van der Waals surface area contributed by atoms with Gasteiger partial charge < -0.3 is 10.0 Å². The third-order valence-electron chi connectivity index (χ3n) is 3.49. The van der Waals surface area contributed by atoms with Gasteiger partial charge >= 0.3 is 0 Å². The van der Waals surface area contributed by atoms with E-state index < -0.39 is 0 Å². The van der Waals surface area contributed by atoms with E-state index in [4.69, 9.17) is 0 Å². The van der Waals surface area contributed by atoms with Gasteiger partial charge in [0.05, 0.1) is 24.5 Å². The van der Waals surface area contributed by atoms with E-state index >= 15 is 0 Å². The van der Waals surface area contributed by atoms with Crippen molar-refractivity contribution >= 4 is 5.95 Å². The highest BCUT2D eigenvalue weighted by atomic mass is 16.3. The van der Waals surface area contributed by atoms with Crippen LogP contribution in [0, 0.1) is 0 Å². The summed E-state index contributed by atoms with van der Waals surface area (Å²) in [7, 11) is 1.88.